The van der Waals surface area contributed by atoms with Crippen molar-refractivity contribution in [3.63, 3.8) is 0 Å². The number of carboxylic acid groups (broad SMARTS) is 1. The number of sulfonamides is 1. The van der Waals surface area contributed by atoms with Gasteiger partial charge in [0.2, 0.25) is 10.0 Å². The molecule has 2 aromatic rings. The number of halogens is 1. The van der Waals surface area contributed by atoms with E-state index in [4.69, 9.17) is 5.11 Å². The van der Waals surface area contributed by atoms with E-state index in [-0.39, 0.29) is 11.3 Å². The monoisotopic (exact) mass is 395 g/mol. The molecule has 0 aliphatic heterocycles. The predicted octanol–water partition coefficient (Wildman–Crippen LogP) is 3.06. The maximum atomic E-state index is 12.6. The molecule has 0 unspecified atom stereocenters. The van der Waals surface area contributed by atoms with Gasteiger partial charge in [-0.1, -0.05) is 24.3 Å². The zero-order chi connectivity index (χ0) is 16.6. The Morgan fingerprint density at radius 2 is 1.74 bits per heavy atom. The normalized spacial score (nSPS) is 14.5. The lowest BCUT2D eigenvalue weighted by molar-refractivity contribution is 0.0696. The Labute approximate surface area is 142 Å². The fraction of sp³-hybridized carbons (Fsp3) is 0.188. The first-order chi connectivity index (χ1) is 10.9. The van der Waals surface area contributed by atoms with Gasteiger partial charge in [-0.15, -0.1) is 0 Å². The fourth-order valence-corrected chi connectivity index (χ4v) is 4.57. The molecule has 1 aliphatic carbocycles. The third-order valence-electron chi connectivity index (χ3n) is 3.91. The summed E-state index contributed by atoms with van der Waals surface area (Å²) in [4.78, 5) is 11.1. The van der Waals surface area contributed by atoms with Gasteiger partial charge in [-0.25, -0.2) is 13.2 Å². The minimum Gasteiger partial charge on any atom is -0.478 e. The molecule has 5 nitrogen and oxygen atoms in total. The van der Waals surface area contributed by atoms with Crippen LogP contribution in [0.1, 0.15) is 21.5 Å². The van der Waals surface area contributed by atoms with E-state index in [9.17, 15) is 13.2 Å². The van der Waals surface area contributed by atoms with Gasteiger partial charge in [0.25, 0.3) is 0 Å². The molecule has 23 heavy (non-hydrogen) atoms. The Kier molecular flexibility index (Phi) is 4.16. The number of benzene rings is 2. The molecule has 0 atom stereocenters. The first-order valence-corrected chi connectivity index (χ1v) is 9.32. The zero-order valence-corrected chi connectivity index (χ0v) is 14.4. The van der Waals surface area contributed by atoms with Crippen molar-refractivity contribution in [2.75, 3.05) is 4.72 Å². The van der Waals surface area contributed by atoms with Crippen LogP contribution in [0.15, 0.2) is 46.9 Å². The van der Waals surface area contributed by atoms with Gasteiger partial charge in [0, 0.05) is 10.2 Å². The van der Waals surface area contributed by atoms with Crippen molar-refractivity contribution in [1.82, 2.24) is 0 Å². The van der Waals surface area contributed by atoms with E-state index < -0.39 is 21.2 Å². The Morgan fingerprint density at radius 1 is 1.13 bits per heavy atom. The molecule has 2 aromatic carbocycles. The summed E-state index contributed by atoms with van der Waals surface area (Å²) >= 11 is 3.14. The maximum absolute atomic E-state index is 12.6. The summed E-state index contributed by atoms with van der Waals surface area (Å²) in [6.07, 6.45) is 0.932. The highest BCUT2D eigenvalue weighted by atomic mass is 79.9. The van der Waals surface area contributed by atoms with Crippen LogP contribution in [0.4, 0.5) is 5.69 Å². The van der Waals surface area contributed by atoms with E-state index in [0.717, 1.165) is 11.1 Å². The third-order valence-corrected chi connectivity index (χ3v) is 6.33. The summed E-state index contributed by atoms with van der Waals surface area (Å²) in [6, 6.07) is 12.0. The summed E-state index contributed by atoms with van der Waals surface area (Å²) in [5, 5.41) is 8.57. The fourth-order valence-electron chi connectivity index (χ4n) is 2.74. The van der Waals surface area contributed by atoms with E-state index in [2.05, 4.69) is 20.7 Å². The zero-order valence-electron chi connectivity index (χ0n) is 12.0. The number of nitrogens with one attached hydrogen (secondary N) is 1. The van der Waals surface area contributed by atoms with Crippen LogP contribution in [0, 0.1) is 0 Å². The van der Waals surface area contributed by atoms with Gasteiger partial charge in [0.05, 0.1) is 10.8 Å². The molecular weight excluding hydrogens is 382 g/mol. The summed E-state index contributed by atoms with van der Waals surface area (Å²) in [6.45, 7) is 0. The van der Waals surface area contributed by atoms with Crippen LogP contribution >= 0.6 is 15.9 Å². The van der Waals surface area contributed by atoms with Crippen LogP contribution in [-0.4, -0.2) is 24.7 Å². The lowest BCUT2D eigenvalue weighted by Gasteiger charge is -2.14. The lowest BCUT2D eigenvalue weighted by Crippen LogP contribution is -2.28. The van der Waals surface area contributed by atoms with E-state index in [1.54, 1.807) is 0 Å². The van der Waals surface area contributed by atoms with Crippen molar-refractivity contribution >= 4 is 37.6 Å². The second-order valence-corrected chi connectivity index (χ2v) is 8.26. The summed E-state index contributed by atoms with van der Waals surface area (Å²) < 4.78 is 28.0. The predicted molar refractivity (Wildman–Crippen MR) is 91.3 cm³/mol. The number of aromatic carboxylic acids is 1. The molecule has 0 aromatic heterocycles. The number of rotatable bonds is 4. The van der Waals surface area contributed by atoms with Gasteiger partial charge in [-0.3, -0.25) is 4.72 Å². The number of hydrogen-bond acceptors (Lipinski definition) is 3. The molecule has 0 saturated carbocycles. The van der Waals surface area contributed by atoms with Crippen molar-refractivity contribution in [2.45, 2.75) is 18.1 Å². The Hall–Kier alpha value is -1.86. The van der Waals surface area contributed by atoms with Gasteiger partial charge < -0.3 is 5.11 Å². The average molecular weight is 396 g/mol. The van der Waals surface area contributed by atoms with Gasteiger partial charge in [-0.05, 0) is 58.1 Å². The molecule has 0 heterocycles. The molecule has 3 rings (SSSR count). The largest absolute Gasteiger partial charge is 0.478 e. The van der Waals surface area contributed by atoms with Crippen molar-refractivity contribution in [2.24, 2.45) is 0 Å². The van der Waals surface area contributed by atoms with Crippen LogP contribution < -0.4 is 4.72 Å². The van der Waals surface area contributed by atoms with Crippen LogP contribution in [0.25, 0.3) is 0 Å². The SMILES string of the molecule is O=C(O)c1cc(NS(=O)(=O)C2Cc3ccccc3C2)ccc1Br. The molecular formula is C16H14BrNO4S. The molecule has 7 heteroatoms. The molecule has 2 N–H and O–H groups in total. The van der Waals surface area contributed by atoms with Crippen LogP contribution in [0.3, 0.4) is 0 Å². The molecule has 0 bridgehead atoms. The molecule has 120 valence electrons. The highest BCUT2D eigenvalue weighted by Crippen LogP contribution is 2.28. The molecule has 1 aliphatic rings. The molecule has 0 amide bonds. The first kappa shape index (κ1) is 16.0. The van der Waals surface area contributed by atoms with Crippen molar-refractivity contribution in [3.8, 4) is 0 Å². The highest BCUT2D eigenvalue weighted by Gasteiger charge is 2.32. The van der Waals surface area contributed by atoms with Gasteiger partial charge >= 0.3 is 5.97 Å². The summed E-state index contributed by atoms with van der Waals surface area (Å²) in [7, 11) is -3.59. The summed E-state index contributed by atoms with van der Waals surface area (Å²) in [5.41, 5.74) is 2.36. The smallest absolute Gasteiger partial charge is 0.336 e. The number of hydrogen-bond donors (Lipinski definition) is 2. The van der Waals surface area contributed by atoms with Gasteiger partial charge in [-0.2, -0.15) is 0 Å². The molecule has 0 radical (unpaired) electrons. The van der Waals surface area contributed by atoms with Crippen LogP contribution in [-0.2, 0) is 22.9 Å². The first-order valence-electron chi connectivity index (χ1n) is 6.98. The van der Waals surface area contributed by atoms with E-state index in [1.165, 1.54) is 18.2 Å². The Balaban J connectivity index is 1.83. The number of anilines is 1. The minimum absolute atomic E-state index is 0.0138. The Morgan fingerprint density at radius 3 is 2.30 bits per heavy atom. The van der Waals surface area contributed by atoms with Crippen molar-refractivity contribution in [3.05, 3.63) is 63.6 Å². The number of fused-ring (bicyclic) bond motifs is 1. The van der Waals surface area contributed by atoms with E-state index >= 15 is 0 Å². The average Bonchev–Trinajstić information content (AvgIpc) is 2.93. The van der Waals surface area contributed by atoms with Crippen LogP contribution in [0.2, 0.25) is 0 Å². The topological polar surface area (TPSA) is 83.5 Å². The van der Waals surface area contributed by atoms with E-state index in [0.29, 0.717) is 17.3 Å². The maximum Gasteiger partial charge on any atom is 0.336 e. The number of carboxylic acids is 1. The second kappa shape index (κ2) is 5.98. The van der Waals surface area contributed by atoms with Crippen molar-refractivity contribution in [1.29, 1.82) is 0 Å². The quantitative estimate of drug-likeness (QED) is 0.832. The molecule has 0 saturated heterocycles. The van der Waals surface area contributed by atoms with Gasteiger partial charge in [0.15, 0.2) is 0 Å². The standard InChI is InChI=1S/C16H14BrNO4S/c17-15-6-5-12(9-14(15)16(19)20)18-23(21,22)13-7-10-3-1-2-4-11(10)8-13/h1-6,9,13,18H,7-8H2,(H,19,20). The van der Waals surface area contributed by atoms with Gasteiger partial charge in [0.1, 0.15) is 0 Å². The lowest BCUT2D eigenvalue weighted by atomic mass is 10.1. The number of carbonyl (C=O) groups is 1. The minimum atomic E-state index is -3.59. The van der Waals surface area contributed by atoms with Crippen LogP contribution in [0.5, 0.6) is 0 Å². The van der Waals surface area contributed by atoms with E-state index in [1.807, 2.05) is 24.3 Å². The molecule has 0 fully saturated rings. The van der Waals surface area contributed by atoms with Crippen molar-refractivity contribution < 1.29 is 18.3 Å². The Bertz CT molecular complexity index is 854. The second-order valence-electron chi connectivity index (χ2n) is 5.45. The highest BCUT2D eigenvalue weighted by molar-refractivity contribution is 9.10. The summed E-state index contributed by atoms with van der Waals surface area (Å²) in [5.74, 6) is -1.12. The molecule has 0 spiro atoms. The third kappa shape index (κ3) is 3.25.